The van der Waals surface area contributed by atoms with Gasteiger partial charge < -0.3 is 0 Å². The van der Waals surface area contributed by atoms with Gasteiger partial charge in [-0.3, -0.25) is 0 Å². The Hall–Kier alpha value is -0.342. The molecule has 0 N–H and O–H groups in total. The third-order valence-corrected chi connectivity index (χ3v) is 9.68. The second kappa shape index (κ2) is 7.49. The molecule has 0 atom stereocenters. The Balaban J connectivity index is 2.18. The van der Waals surface area contributed by atoms with Gasteiger partial charge >= 0.3 is 162 Å². The summed E-state index contributed by atoms with van der Waals surface area (Å²) in [7, 11) is 0. The van der Waals surface area contributed by atoms with E-state index in [0.717, 1.165) is 13.4 Å². The molecule has 22 heavy (non-hydrogen) atoms. The molecule has 0 unspecified atom stereocenters. The summed E-state index contributed by atoms with van der Waals surface area (Å²) in [5.41, 5.74) is 0. The van der Waals surface area contributed by atoms with Crippen LogP contribution in [-0.2, 0) is 0 Å². The van der Waals surface area contributed by atoms with Crippen LogP contribution in [0.3, 0.4) is 0 Å². The summed E-state index contributed by atoms with van der Waals surface area (Å²) in [6.45, 7) is 0. The number of hydrogen-bond acceptors (Lipinski definition) is 0. The van der Waals surface area contributed by atoms with Crippen molar-refractivity contribution in [1.82, 2.24) is 0 Å². The fraction of sp³-hybridized carbons (Fsp3) is 0. The van der Waals surface area contributed by atoms with E-state index in [1.807, 2.05) is 0 Å². The van der Waals surface area contributed by atoms with Crippen LogP contribution < -0.4 is 13.1 Å². The van der Waals surface area contributed by atoms with Crippen LogP contribution in [0.2, 0.25) is 0 Å². The van der Waals surface area contributed by atoms with Gasteiger partial charge in [0.25, 0.3) is 0 Å². The first-order valence-electron chi connectivity index (χ1n) is 6.70. The predicted molar refractivity (Wildman–Crippen MR) is 107 cm³/mol. The Morgan fingerprint density at radius 3 is 1.09 bits per heavy atom. The predicted octanol–water partition coefficient (Wildman–Crippen LogP) is 4.49. The van der Waals surface area contributed by atoms with Crippen LogP contribution in [0.15, 0.2) is 86.2 Å². The van der Waals surface area contributed by atoms with Gasteiger partial charge in [0.15, 0.2) is 0 Å². The number of halogens is 3. The molecular formula is C18H12AsBr3. The van der Waals surface area contributed by atoms with Crippen LogP contribution in [-0.4, -0.2) is 14.7 Å². The van der Waals surface area contributed by atoms with Crippen molar-refractivity contribution < 1.29 is 0 Å². The standard InChI is InChI=1S/C18H12AsBr3/c20-16-7-1-4-13(10-16)19(14-5-2-8-17(21)11-14)15-6-3-9-18(22)12-15/h1-12H. The van der Waals surface area contributed by atoms with Gasteiger partial charge in [-0.05, 0) is 0 Å². The Morgan fingerprint density at radius 2 is 0.818 bits per heavy atom. The summed E-state index contributed by atoms with van der Waals surface area (Å²) >= 11 is 9.26. The maximum absolute atomic E-state index is 3.61. The van der Waals surface area contributed by atoms with E-state index in [4.69, 9.17) is 0 Å². The second-order valence-electron chi connectivity index (χ2n) is 4.78. The van der Waals surface area contributed by atoms with Gasteiger partial charge in [0, 0.05) is 0 Å². The van der Waals surface area contributed by atoms with Crippen molar-refractivity contribution in [3.05, 3.63) is 86.2 Å². The van der Waals surface area contributed by atoms with E-state index < -0.39 is 14.7 Å². The molecule has 110 valence electrons. The van der Waals surface area contributed by atoms with E-state index in [2.05, 4.69) is 121 Å². The average molecular weight is 543 g/mol. The Kier molecular flexibility index (Phi) is 5.62. The molecule has 0 aliphatic heterocycles. The Labute approximate surface area is 160 Å². The van der Waals surface area contributed by atoms with E-state index >= 15 is 0 Å². The summed E-state index contributed by atoms with van der Waals surface area (Å²) in [5.74, 6) is 0. The first-order valence-corrected chi connectivity index (χ1v) is 11.9. The van der Waals surface area contributed by atoms with Crippen LogP contribution in [0, 0.1) is 0 Å². The third kappa shape index (κ3) is 3.94. The maximum atomic E-state index is 3.61. The molecule has 0 heterocycles. The van der Waals surface area contributed by atoms with Gasteiger partial charge in [-0.1, -0.05) is 0 Å². The molecule has 0 spiro atoms. The Morgan fingerprint density at radius 1 is 0.500 bits per heavy atom. The fourth-order valence-corrected chi connectivity index (χ4v) is 9.69. The van der Waals surface area contributed by atoms with E-state index in [9.17, 15) is 0 Å². The quantitative estimate of drug-likeness (QED) is 0.428. The van der Waals surface area contributed by atoms with Gasteiger partial charge in [-0.2, -0.15) is 0 Å². The minimum absolute atomic E-state index is 1.13. The summed E-state index contributed by atoms with van der Waals surface area (Å²) in [5, 5.41) is 0. The molecule has 0 nitrogen and oxygen atoms in total. The van der Waals surface area contributed by atoms with Crippen molar-refractivity contribution in [1.29, 1.82) is 0 Å². The Bertz CT molecular complexity index is 693. The van der Waals surface area contributed by atoms with Crippen LogP contribution in [0.4, 0.5) is 0 Å². The monoisotopic (exact) mass is 540 g/mol. The molecule has 0 bridgehead atoms. The van der Waals surface area contributed by atoms with Crippen molar-refractivity contribution in [2.24, 2.45) is 0 Å². The van der Waals surface area contributed by atoms with Crippen molar-refractivity contribution in [2.45, 2.75) is 0 Å². The summed E-state index contributed by atoms with van der Waals surface area (Å²) < 4.78 is 7.65. The molecule has 0 radical (unpaired) electrons. The zero-order valence-electron chi connectivity index (χ0n) is 11.5. The SMILES string of the molecule is Brc1cccc([As](c2cccc(Br)c2)c2cccc(Br)c2)c1. The van der Waals surface area contributed by atoms with E-state index in [0.29, 0.717) is 0 Å². The van der Waals surface area contributed by atoms with Gasteiger partial charge in [-0.15, -0.1) is 0 Å². The molecule has 3 rings (SSSR count). The molecular weight excluding hydrogens is 531 g/mol. The van der Waals surface area contributed by atoms with E-state index in [-0.39, 0.29) is 0 Å². The normalized spacial score (nSPS) is 10.9. The first kappa shape index (κ1) is 16.5. The van der Waals surface area contributed by atoms with Crippen molar-refractivity contribution >= 4 is 75.5 Å². The number of hydrogen-bond donors (Lipinski definition) is 0. The van der Waals surface area contributed by atoms with Crippen molar-refractivity contribution in [3.63, 3.8) is 0 Å². The summed E-state index contributed by atoms with van der Waals surface area (Å²) in [4.78, 5) is 0. The average Bonchev–Trinajstić information content (AvgIpc) is 2.48. The number of rotatable bonds is 3. The molecule has 0 saturated carbocycles. The molecule has 3 aromatic carbocycles. The second-order valence-corrected chi connectivity index (χ2v) is 12.2. The molecule has 3 aromatic rings. The van der Waals surface area contributed by atoms with Gasteiger partial charge in [0.2, 0.25) is 0 Å². The van der Waals surface area contributed by atoms with Gasteiger partial charge in [0.1, 0.15) is 0 Å². The topological polar surface area (TPSA) is 0 Å². The van der Waals surface area contributed by atoms with Gasteiger partial charge in [0.05, 0.1) is 0 Å². The molecule has 0 amide bonds. The fourth-order valence-electron chi connectivity index (χ4n) is 2.29. The third-order valence-electron chi connectivity index (χ3n) is 3.20. The first-order chi connectivity index (χ1) is 10.6. The molecule has 0 fully saturated rings. The molecule has 0 saturated heterocycles. The molecule has 0 aromatic heterocycles. The zero-order valence-corrected chi connectivity index (χ0v) is 18.1. The molecule has 4 heteroatoms. The van der Waals surface area contributed by atoms with Crippen LogP contribution in [0.25, 0.3) is 0 Å². The van der Waals surface area contributed by atoms with E-state index in [1.165, 1.54) is 13.1 Å². The number of benzene rings is 3. The summed E-state index contributed by atoms with van der Waals surface area (Å²) in [6, 6.07) is 26.1. The van der Waals surface area contributed by atoms with Gasteiger partial charge in [-0.25, -0.2) is 0 Å². The molecule has 0 aliphatic carbocycles. The molecule has 0 aliphatic rings. The van der Waals surface area contributed by atoms with Crippen LogP contribution >= 0.6 is 47.8 Å². The van der Waals surface area contributed by atoms with Crippen LogP contribution in [0.5, 0.6) is 0 Å². The minimum atomic E-state index is -1.57. The zero-order chi connectivity index (χ0) is 15.5. The summed E-state index contributed by atoms with van der Waals surface area (Å²) in [6.07, 6.45) is 0. The van der Waals surface area contributed by atoms with E-state index in [1.54, 1.807) is 0 Å². The van der Waals surface area contributed by atoms with Crippen molar-refractivity contribution in [2.75, 3.05) is 0 Å². The van der Waals surface area contributed by atoms with Crippen molar-refractivity contribution in [3.8, 4) is 0 Å². The van der Waals surface area contributed by atoms with Crippen LogP contribution in [0.1, 0.15) is 0 Å².